The minimum atomic E-state index is -4.78. The van der Waals surface area contributed by atoms with Crippen LogP contribution in [0.15, 0.2) is 77.7 Å². The Hall–Kier alpha value is -3.75. The molecule has 0 saturated carbocycles. The molecule has 0 spiro atoms. The number of alkyl halides is 3. The minimum absolute atomic E-state index is 0.365. The lowest BCUT2D eigenvalue weighted by Crippen LogP contribution is -2.19. The van der Waals surface area contributed by atoms with Crippen LogP contribution in [0.4, 0.5) is 13.2 Å². The van der Waals surface area contributed by atoms with Gasteiger partial charge in [-0.3, -0.25) is 14.0 Å². The van der Waals surface area contributed by atoms with E-state index in [0.29, 0.717) is 22.8 Å². The number of benzene rings is 1. The molecule has 0 radical (unpaired) electrons. The molecule has 3 aromatic rings. The maximum absolute atomic E-state index is 12.8. The second-order valence-electron chi connectivity index (χ2n) is 6.89. The van der Waals surface area contributed by atoms with Crippen LogP contribution in [-0.4, -0.2) is 20.7 Å². The van der Waals surface area contributed by atoms with Crippen molar-refractivity contribution in [2.24, 2.45) is 7.05 Å². The molecule has 2 aromatic heterocycles. The predicted octanol–water partition coefficient (Wildman–Crippen LogP) is 4.75. The van der Waals surface area contributed by atoms with Crippen LogP contribution in [-0.2, 0) is 7.05 Å². The van der Waals surface area contributed by atoms with Gasteiger partial charge in [0.2, 0.25) is 0 Å². The fourth-order valence-corrected chi connectivity index (χ4v) is 3.18. The molecule has 1 aliphatic carbocycles. The van der Waals surface area contributed by atoms with Crippen LogP contribution in [0.2, 0.25) is 0 Å². The Kier molecular flexibility index (Phi) is 5.41. The lowest BCUT2D eigenvalue weighted by molar-refractivity contribution is -0.274. The van der Waals surface area contributed by atoms with Gasteiger partial charge in [-0.25, -0.2) is 0 Å². The summed E-state index contributed by atoms with van der Waals surface area (Å²) in [5.41, 5.74) is 1.33. The van der Waals surface area contributed by atoms with Crippen molar-refractivity contribution in [2.75, 3.05) is 0 Å². The SMILES string of the molecule is Cn1cc(-c2cn(-c3ccc(OC(F)(F)F)cc3)c(=O)cc2OC2=CCCC=C2)cn1. The van der Waals surface area contributed by atoms with Crippen LogP contribution in [0.5, 0.6) is 11.5 Å². The average molecular weight is 429 g/mol. The number of ether oxygens (including phenoxy) is 2. The molecule has 4 rings (SSSR count). The normalized spacial score (nSPS) is 13.7. The first-order valence-electron chi connectivity index (χ1n) is 9.45. The largest absolute Gasteiger partial charge is 0.573 e. The molecule has 160 valence electrons. The van der Waals surface area contributed by atoms with Crippen LogP contribution in [0.25, 0.3) is 16.8 Å². The van der Waals surface area contributed by atoms with Crippen molar-refractivity contribution in [1.82, 2.24) is 14.3 Å². The van der Waals surface area contributed by atoms with Crippen molar-refractivity contribution in [2.45, 2.75) is 19.2 Å². The van der Waals surface area contributed by atoms with Crippen LogP contribution in [0, 0.1) is 0 Å². The highest BCUT2D eigenvalue weighted by Gasteiger charge is 2.31. The van der Waals surface area contributed by atoms with E-state index in [0.717, 1.165) is 30.5 Å². The van der Waals surface area contributed by atoms with Gasteiger partial charge >= 0.3 is 6.36 Å². The van der Waals surface area contributed by atoms with E-state index in [9.17, 15) is 18.0 Å². The summed E-state index contributed by atoms with van der Waals surface area (Å²) in [7, 11) is 1.77. The Labute approximate surface area is 175 Å². The van der Waals surface area contributed by atoms with E-state index in [1.54, 1.807) is 30.3 Å². The molecular formula is C22H18F3N3O3. The number of halogens is 3. The summed E-state index contributed by atoms with van der Waals surface area (Å²) in [4.78, 5) is 12.8. The number of aryl methyl sites for hydroxylation is 1. The summed E-state index contributed by atoms with van der Waals surface area (Å²) in [5, 5.41) is 4.17. The van der Waals surface area contributed by atoms with Crippen molar-refractivity contribution in [3.63, 3.8) is 0 Å². The first kappa shape index (κ1) is 20.5. The molecule has 0 N–H and O–H groups in total. The van der Waals surface area contributed by atoms with Gasteiger partial charge in [-0.15, -0.1) is 13.2 Å². The number of hydrogen-bond acceptors (Lipinski definition) is 4. The van der Waals surface area contributed by atoms with E-state index < -0.39 is 11.9 Å². The van der Waals surface area contributed by atoms with Gasteiger partial charge in [0.1, 0.15) is 17.3 Å². The van der Waals surface area contributed by atoms with Crippen LogP contribution < -0.4 is 15.0 Å². The fraction of sp³-hybridized carbons (Fsp3) is 0.182. The number of rotatable bonds is 5. The lowest BCUT2D eigenvalue weighted by atomic mass is 10.1. The van der Waals surface area contributed by atoms with Gasteiger partial charge in [-0.05, 0) is 49.3 Å². The molecule has 31 heavy (non-hydrogen) atoms. The molecule has 2 heterocycles. The van der Waals surface area contributed by atoms with Crippen LogP contribution >= 0.6 is 0 Å². The summed E-state index contributed by atoms with van der Waals surface area (Å²) >= 11 is 0. The number of pyridine rings is 1. The van der Waals surface area contributed by atoms with Gasteiger partial charge in [0.15, 0.2) is 0 Å². The van der Waals surface area contributed by atoms with Crippen molar-refractivity contribution >= 4 is 0 Å². The second-order valence-corrected chi connectivity index (χ2v) is 6.89. The molecule has 1 aromatic carbocycles. The minimum Gasteiger partial charge on any atom is -0.457 e. The average Bonchev–Trinajstić information content (AvgIpc) is 3.15. The Balaban J connectivity index is 1.75. The third kappa shape index (κ3) is 4.88. The molecule has 0 amide bonds. The van der Waals surface area contributed by atoms with Gasteiger partial charge in [-0.1, -0.05) is 6.08 Å². The van der Waals surface area contributed by atoms with Gasteiger partial charge < -0.3 is 9.47 Å². The maximum Gasteiger partial charge on any atom is 0.573 e. The zero-order valence-electron chi connectivity index (χ0n) is 16.5. The van der Waals surface area contributed by atoms with E-state index in [1.165, 1.54) is 22.8 Å². The Morgan fingerprint density at radius 3 is 2.48 bits per heavy atom. The quantitative estimate of drug-likeness (QED) is 0.588. The van der Waals surface area contributed by atoms with E-state index in [2.05, 4.69) is 9.84 Å². The van der Waals surface area contributed by atoms with E-state index >= 15 is 0 Å². The number of aromatic nitrogens is 3. The standard InChI is InChI=1S/C22H18F3N3O3/c1-27-13-15(12-26-27)19-14-28(16-7-9-18(10-8-16)31-22(23,24)25)21(29)11-20(19)30-17-5-3-2-4-6-17/h3,5-14H,2,4H2,1H3. The smallest absolute Gasteiger partial charge is 0.457 e. The topological polar surface area (TPSA) is 58.3 Å². The molecule has 0 saturated heterocycles. The maximum atomic E-state index is 12.8. The number of nitrogens with zero attached hydrogens (tertiary/aromatic N) is 3. The number of allylic oxidation sites excluding steroid dienone is 3. The lowest BCUT2D eigenvalue weighted by Gasteiger charge is -2.15. The molecule has 9 heteroatoms. The first-order chi connectivity index (χ1) is 14.8. The zero-order valence-corrected chi connectivity index (χ0v) is 16.5. The Morgan fingerprint density at radius 2 is 1.87 bits per heavy atom. The molecule has 0 unspecified atom stereocenters. The molecule has 0 bridgehead atoms. The first-order valence-corrected chi connectivity index (χ1v) is 9.45. The van der Waals surface area contributed by atoms with Crippen molar-refractivity contribution in [3.05, 3.63) is 83.3 Å². The third-order valence-corrected chi connectivity index (χ3v) is 4.57. The second kappa shape index (κ2) is 8.17. The highest BCUT2D eigenvalue weighted by Crippen LogP contribution is 2.31. The summed E-state index contributed by atoms with van der Waals surface area (Å²) in [6, 6.07) is 6.42. The van der Waals surface area contributed by atoms with Gasteiger partial charge in [-0.2, -0.15) is 5.10 Å². The molecule has 0 aliphatic heterocycles. The van der Waals surface area contributed by atoms with Crippen molar-refractivity contribution < 1.29 is 22.6 Å². The highest BCUT2D eigenvalue weighted by molar-refractivity contribution is 5.69. The van der Waals surface area contributed by atoms with Crippen LogP contribution in [0.1, 0.15) is 12.8 Å². The highest BCUT2D eigenvalue weighted by atomic mass is 19.4. The summed E-state index contributed by atoms with van der Waals surface area (Å²) in [5.74, 6) is 0.638. The van der Waals surface area contributed by atoms with Crippen LogP contribution in [0.3, 0.4) is 0 Å². The van der Waals surface area contributed by atoms with Gasteiger partial charge in [0.05, 0.1) is 6.20 Å². The molecule has 0 fully saturated rings. The van der Waals surface area contributed by atoms with Gasteiger partial charge in [0, 0.05) is 42.3 Å². The Morgan fingerprint density at radius 1 is 1.10 bits per heavy atom. The van der Waals surface area contributed by atoms with E-state index in [4.69, 9.17) is 4.74 Å². The predicted molar refractivity (Wildman–Crippen MR) is 108 cm³/mol. The molecule has 0 atom stereocenters. The molecule has 1 aliphatic rings. The van der Waals surface area contributed by atoms with Gasteiger partial charge in [0.25, 0.3) is 5.56 Å². The molecule has 6 nitrogen and oxygen atoms in total. The third-order valence-electron chi connectivity index (χ3n) is 4.57. The zero-order chi connectivity index (χ0) is 22.0. The summed E-state index contributed by atoms with van der Waals surface area (Å²) in [6.45, 7) is 0. The molecular weight excluding hydrogens is 411 g/mol. The van der Waals surface area contributed by atoms with Crippen molar-refractivity contribution in [3.8, 4) is 28.3 Å². The van der Waals surface area contributed by atoms with E-state index in [-0.39, 0.29) is 5.75 Å². The Bertz CT molecular complexity index is 1210. The monoisotopic (exact) mass is 429 g/mol. The fourth-order valence-electron chi connectivity index (χ4n) is 3.18. The van der Waals surface area contributed by atoms with Crippen molar-refractivity contribution in [1.29, 1.82) is 0 Å². The van der Waals surface area contributed by atoms with E-state index in [1.807, 2.05) is 18.2 Å². The summed E-state index contributed by atoms with van der Waals surface area (Å²) in [6.07, 6.45) is 7.78. The number of hydrogen-bond donors (Lipinski definition) is 0. The summed E-state index contributed by atoms with van der Waals surface area (Å²) < 4.78 is 50.0.